The number of imidazole rings is 1. The number of aromatic nitrogens is 4. The van der Waals surface area contributed by atoms with Crippen LogP contribution in [-0.2, 0) is 41.0 Å². The van der Waals surface area contributed by atoms with Gasteiger partial charge in [0.2, 0.25) is 0 Å². The molecule has 0 radical (unpaired) electrons. The Morgan fingerprint density at radius 2 is 1.20 bits per heavy atom. The van der Waals surface area contributed by atoms with Gasteiger partial charge in [-0.1, -0.05) is 58.9 Å². The van der Waals surface area contributed by atoms with Crippen LogP contribution in [0.4, 0.5) is 0 Å². The predicted octanol–water partition coefficient (Wildman–Crippen LogP) is 18.6. The minimum Gasteiger partial charge on any atom is -0.493 e. The van der Waals surface area contributed by atoms with E-state index >= 15 is 0 Å². The summed E-state index contributed by atoms with van der Waals surface area (Å²) < 4.78 is 47.4. The molecule has 0 unspecified atom stereocenters. The summed E-state index contributed by atoms with van der Waals surface area (Å²) in [5.74, 6) is 2.23. The molecular formula is C72H68N4O2Pt-2. The van der Waals surface area contributed by atoms with Crippen LogP contribution in [-0.4, -0.2) is 25.3 Å². The number of ether oxygens (including phenoxy) is 2. The summed E-state index contributed by atoms with van der Waals surface area (Å²) in [6.07, 6.45) is 2.58. The summed E-state index contributed by atoms with van der Waals surface area (Å²) in [6.45, 7) is 22.9. The van der Waals surface area contributed by atoms with Gasteiger partial charge < -0.3 is 4.74 Å². The van der Waals surface area contributed by atoms with E-state index < -0.39 is 6.85 Å². The standard InChI is InChI=1S/C72H68N4O2.Pt/c1-46-36-67(73-44-60(46)48-28-30-50(31-29-48)69(2,3)4)76-64-41-55(32-33-58(64)59-42-61-66(43-65(59)76)77-35-34-72(61,11)12)78-54-23-18-22-53(40-54)74-45-75(63-27-17-16-26-62(63)74)68-56(47-20-14-13-15-21-47)24-19-25-57(68)49-37-51(70(5,6)7)39-52(38-49)71(8,9)10;/h13-33,36-39,42-44H,34-35H2,1-12H3;/q-2;/i1D3;. The number of pyridine rings is 1. The predicted molar refractivity (Wildman–Crippen MR) is 322 cm³/mol. The van der Waals surface area contributed by atoms with Crippen molar-refractivity contribution in [3.8, 4) is 67.8 Å². The average molecular weight is 1220 g/mol. The third-order valence-corrected chi connectivity index (χ3v) is 16.9. The van der Waals surface area contributed by atoms with Gasteiger partial charge in [0.25, 0.3) is 0 Å². The normalized spacial score (nSPS) is 14.5. The molecule has 12 rings (SSSR count). The third-order valence-electron chi connectivity index (χ3n) is 15.9. The van der Waals surface area contributed by atoms with Crippen molar-refractivity contribution in [1.82, 2.24) is 18.7 Å². The molecule has 11 aromatic rings. The first-order valence-electron chi connectivity index (χ1n) is 28.9. The molecule has 0 spiro atoms. The average Bonchev–Trinajstić information content (AvgIpc) is 2.45. The van der Waals surface area contributed by atoms with Gasteiger partial charge in [0.05, 0.1) is 6.61 Å². The molecule has 7 heteroatoms. The fourth-order valence-corrected chi connectivity index (χ4v) is 12.3. The number of hydrogen-bond donors (Lipinski definition) is 0. The molecule has 0 bridgehead atoms. The number of rotatable bonds is 8. The molecule has 1 aliphatic heterocycles. The molecule has 0 saturated carbocycles. The second kappa shape index (κ2) is 19.4. The maximum atomic E-state index is 8.85. The molecule has 0 amide bonds. The Bertz CT molecular complexity index is 4340. The molecule has 1 aliphatic rings. The number of aryl methyl sites for hydroxylation is 1. The molecule has 8 aromatic carbocycles. The molecule has 0 saturated heterocycles. The van der Waals surface area contributed by atoms with Crippen LogP contribution in [0.3, 0.4) is 0 Å². The van der Waals surface area contributed by atoms with Crippen LogP contribution in [0.25, 0.3) is 83.4 Å². The van der Waals surface area contributed by atoms with Crippen LogP contribution >= 0.6 is 0 Å². The van der Waals surface area contributed by atoms with Crippen LogP contribution in [0, 0.1) is 22.8 Å². The van der Waals surface area contributed by atoms with Gasteiger partial charge in [-0.25, -0.2) is 0 Å². The molecule has 0 aliphatic carbocycles. The van der Waals surface area contributed by atoms with Crippen molar-refractivity contribution in [3.63, 3.8) is 0 Å². The number of hydrogen-bond acceptors (Lipinski definition) is 3. The van der Waals surface area contributed by atoms with Crippen molar-refractivity contribution < 1.29 is 32.9 Å². The van der Waals surface area contributed by atoms with Gasteiger partial charge in [0.1, 0.15) is 5.75 Å². The van der Waals surface area contributed by atoms with Gasteiger partial charge in [-0.05, 0) is 46.4 Å². The summed E-state index contributed by atoms with van der Waals surface area (Å²) in [4.78, 5) is 5.07. The first kappa shape index (κ1) is 48.6. The van der Waals surface area contributed by atoms with E-state index in [4.69, 9.17) is 18.6 Å². The fourth-order valence-electron chi connectivity index (χ4n) is 11.2. The van der Waals surface area contributed by atoms with Crippen LogP contribution in [0.5, 0.6) is 17.2 Å². The van der Waals surface area contributed by atoms with E-state index in [1.807, 2.05) is 34.9 Å². The van der Waals surface area contributed by atoms with Crippen LogP contribution < -0.4 is 9.47 Å². The van der Waals surface area contributed by atoms with Gasteiger partial charge in [0.15, 0.2) is 0 Å². The van der Waals surface area contributed by atoms with E-state index in [0.29, 0.717) is 35.0 Å². The minimum atomic E-state index is -2.44. The topological polar surface area (TPSA) is 46.1 Å². The smallest absolute Gasteiger partial charge is 0.493 e. The van der Waals surface area contributed by atoms with Crippen LogP contribution in [0.1, 0.15) is 115 Å². The Morgan fingerprint density at radius 3 is 1.89 bits per heavy atom. The van der Waals surface area contributed by atoms with E-state index in [-0.39, 0.29) is 27.2 Å². The molecule has 0 atom stereocenters. The summed E-state index contributed by atoms with van der Waals surface area (Å²) in [7, 11) is 0. The van der Waals surface area contributed by atoms with E-state index in [1.54, 1.807) is 12.3 Å². The van der Waals surface area contributed by atoms with E-state index in [2.05, 4.69) is 244 Å². The second-order valence-electron chi connectivity index (χ2n) is 25.0. The SMILES string of the molecule is [2H]C([2H])([2H])c1cc(-n2c3[c-]c(Oc4[c-]c(-n5[c](=[Pt])n(-c6c(-c7ccccc7)cccc6-c6cc(C(C)(C)C)cc(C(C)(C)C)c6)c6ccccc65)ccc4)ccc3c3cc4c(cc32)OCCC4(C)C)ncc1-c1ccc(C(C)(C)C)cc1. The Hall–Kier alpha value is -7.53. The second-order valence-corrected chi connectivity index (χ2v) is 26.0. The molecule has 79 heavy (non-hydrogen) atoms. The summed E-state index contributed by atoms with van der Waals surface area (Å²) in [6, 6.07) is 64.6. The zero-order valence-corrected chi connectivity index (χ0v) is 49.3. The van der Waals surface area contributed by atoms with E-state index in [1.165, 1.54) is 16.7 Å². The van der Waals surface area contributed by atoms with Gasteiger partial charge in [-0.15, -0.1) is 0 Å². The quantitative estimate of drug-likeness (QED) is 0.142. The van der Waals surface area contributed by atoms with Crippen molar-refractivity contribution in [1.29, 1.82) is 0 Å². The molecule has 6 nitrogen and oxygen atoms in total. The van der Waals surface area contributed by atoms with Crippen molar-refractivity contribution >= 4 is 32.8 Å². The van der Waals surface area contributed by atoms with Gasteiger partial charge in [-0.2, -0.15) is 0 Å². The minimum absolute atomic E-state index is 0.0552. The zero-order valence-electron chi connectivity index (χ0n) is 50.0. The number of benzene rings is 8. The first-order valence-corrected chi connectivity index (χ1v) is 28.5. The monoisotopic (exact) mass is 1220 g/mol. The molecular weight excluding hydrogens is 1150 g/mol. The van der Waals surface area contributed by atoms with Crippen molar-refractivity contribution in [2.24, 2.45) is 0 Å². The van der Waals surface area contributed by atoms with Crippen molar-refractivity contribution in [3.05, 3.63) is 214 Å². The maximum absolute atomic E-state index is 8.85. The fraction of sp³-hybridized carbons (Fsp3) is 0.250. The van der Waals surface area contributed by atoms with Gasteiger partial charge >= 0.3 is 346 Å². The van der Waals surface area contributed by atoms with Gasteiger partial charge in [-0.3, -0.25) is 0 Å². The third kappa shape index (κ3) is 9.50. The van der Waals surface area contributed by atoms with Crippen molar-refractivity contribution in [2.75, 3.05) is 6.61 Å². The Kier molecular flexibility index (Phi) is 11.9. The Labute approximate surface area is 481 Å². The molecule has 0 N–H and O–H groups in total. The molecule has 0 fully saturated rings. The van der Waals surface area contributed by atoms with E-state index in [9.17, 15) is 0 Å². The number of fused-ring (bicyclic) bond motifs is 5. The van der Waals surface area contributed by atoms with Crippen LogP contribution in [0.2, 0.25) is 0 Å². The summed E-state index contributed by atoms with van der Waals surface area (Å²) in [5, 5.41) is 1.91. The summed E-state index contributed by atoms with van der Waals surface area (Å²) in [5.41, 5.74) is 16.1. The Morgan fingerprint density at radius 1 is 0.570 bits per heavy atom. The zero-order chi connectivity index (χ0) is 57.8. The number of para-hydroxylation sites is 3. The first-order chi connectivity index (χ1) is 38.8. The molecule has 400 valence electrons. The summed E-state index contributed by atoms with van der Waals surface area (Å²) >= 11 is 2.49. The number of nitrogens with zero attached hydrogens (tertiary/aromatic N) is 4. The molecule has 3 aromatic heterocycles. The molecule has 4 heterocycles. The van der Waals surface area contributed by atoms with Gasteiger partial charge in [0, 0.05) is 15.9 Å². The Balaban J connectivity index is 1.00. The van der Waals surface area contributed by atoms with Crippen molar-refractivity contribution in [2.45, 2.75) is 111 Å². The van der Waals surface area contributed by atoms with E-state index in [0.717, 1.165) is 88.1 Å². The van der Waals surface area contributed by atoms with Crippen LogP contribution in [0.15, 0.2) is 170 Å².